The van der Waals surface area contributed by atoms with Gasteiger partial charge in [0.1, 0.15) is 5.82 Å². The maximum atomic E-state index is 13.2. The van der Waals surface area contributed by atoms with Crippen LogP contribution in [-0.4, -0.2) is 43.0 Å². The van der Waals surface area contributed by atoms with Crippen molar-refractivity contribution in [3.63, 3.8) is 0 Å². The normalized spacial score (nSPS) is 10.9. The van der Waals surface area contributed by atoms with Crippen LogP contribution in [0.1, 0.15) is 22.3 Å². The predicted molar refractivity (Wildman–Crippen MR) is 113 cm³/mol. The van der Waals surface area contributed by atoms with E-state index in [2.05, 4.69) is 16.0 Å². The molecule has 0 saturated heterocycles. The van der Waals surface area contributed by atoms with Crippen molar-refractivity contribution >= 4 is 45.0 Å². The SMILES string of the molecule is Cc1ccc2nc(N(CCCN(C)C)C(=O)c3ccc(F)cc3)sc2c1.Cl. The minimum absolute atomic E-state index is 0. The third kappa shape index (κ3) is 5.25. The monoisotopic (exact) mass is 407 g/mol. The first-order valence-electron chi connectivity index (χ1n) is 8.53. The van der Waals surface area contributed by atoms with Crippen molar-refractivity contribution < 1.29 is 9.18 Å². The topological polar surface area (TPSA) is 36.4 Å². The number of carbonyl (C=O) groups excluding carboxylic acids is 1. The van der Waals surface area contributed by atoms with Gasteiger partial charge in [0.15, 0.2) is 5.13 Å². The molecule has 0 aliphatic carbocycles. The van der Waals surface area contributed by atoms with E-state index in [0.717, 1.165) is 28.7 Å². The Hall–Kier alpha value is -2.02. The largest absolute Gasteiger partial charge is 0.309 e. The fourth-order valence-corrected chi connectivity index (χ4v) is 3.80. The summed E-state index contributed by atoms with van der Waals surface area (Å²) in [5.41, 5.74) is 2.52. The highest BCUT2D eigenvalue weighted by atomic mass is 35.5. The van der Waals surface area contributed by atoms with Gasteiger partial charge in [0.05, 0.1) is 10.2 Å². The maximum Gasteiger partial charge on any atom is 0.260 e. The molecule has 2 aromatic carbocycles. The summed E-state index contributed by atoms with van der Waals surface area (Å²) in [4.78, 5) is 21.5. The van der Waals surface area contributed by atoms with Crippen LogP contribution in [0.5, 0.6) is 0 Å². The van der Waals surface area contributed by atoms with Crippen LogP contribution in [0.3, 0.4) is 0 Å². The number of halogens is 2. The van der Waals surface area contributed by atoms with Crippen LogP contribution in [0, 0.1) is 12.7 Å². The molecule has 0 bridgehead atoms. The van der Waals surface area contributed by atoms with E-state index in [1.54, 1.807) is 4.90 Å². The fraction of sp³-hybridized carbons (Fsp3) is 0.300. The van der Waals surface area contributed by atoms with Gasteiger partial charge in [-0.05, 0) is 75.9 Å². The van der Waals surface area contributed by atoms with E-state index in [1.807, 2.05) is 33.2 Å². The Labute approximate surface area is 169 Å². The van der Waals surface area contributed by atoms with Gasteiger partial charge < -0.3 is 4.90 Å². The van der Waals surface area contributed by atoms with Gasteiger partial charge in [-0.3, -0.25) is 9.69 Å². The smallest absolute Gasteiger partial charge is 0.260 e. The van der Waals surface area contributed by atoms with Crippen molar-refractivity contribution in [2.45, 2.75) is 13.3 Å². The molecule has 144 valence electrons. The van der Waals surface area contributed by atoms with Crippen molar-refractivity contribution in [1.82, 2.24) is 9.88 Å². The van der Waals surface area contributed by atoms with Crippen molar-refractivity contribution in [1.29, 1.82) is 0 Å². The molecule has 3 aromatic rings. The number of aromatic nitrogens is 1. The van der Waals surface area contributed by atoms with E-state index in [4.69, 9.17) is 0 Å². The predicted octanol–water partition coefficient (Wildman–Crippen LogP) is 4.76. The van der Waals surface area contributed by atoms with E-state index in [0.29, 0.717) is 17.2 Å². The van der Waals surface area contributed by atoms with Gasteiger partial charge in [0.25, 0.3) is 5.91 Å². The molecule has 0 N–H and O–H groups in total. The van der Waals surface area contributed by atoms with E-state index in [1.165, 1.54) is 35.6 Å². The number of hydrogen-bond donors (Lipinski definition) is 0. The highest BCUT2D eigenvalue weighted by molar-refractivity contribution is 7.22. The summed E-state index contributed by atoms with van der Waals surface area (Å²) in [7, 11) is 4.01. The van der Waals surface area contributed by atoms with Gasteiger partial charge in [0, 0.05) is 12.1 Å². The Morgan fingerprint density at radius 3 is 2.48 bits per heavy atom. The van der Waals surface area contributed by atoms with Crippen LogP contribution < -0.4 is 4.90 Å². The Morgan fingerprint density at radius 1 is 1.11 bits per heavy atom. The summed E-state index contributed by atoms with van der Waals surface area (Å²) in [6, 6.07) is 11.7. The van der Waals surface area contributed by atoms with Crippen molar-refractivity contribution in [2.75, 3.05) is 32.1 Å². The van der Waals surface area contributed by atoms with Crippen LogP contribution in [0.2, 0.25) is 0 Å². The maximum absolute atomic E-state index is 13.2. The van der Waals surface area contributed by atoms with Gasteiger partial charge in [-0.1, -0.05) is 17.4 Å². The number of carbonyl (C=O) groups is 1. The molecular weight excluding hydrogens is 385 g/mol. The Morgan fingerprint density at radius 2 is 1.81 bits per heavy atom. The quantitative estimate of drug-likeness (QED) is 0.590. The van der Waals surface area contributed by atoms with Crippen molar-refractivity contribution in [2.24, 2.45) is 0 Å². The highest BCUT2D eigenvalue weighted by Gasteiger charge is 2.21. The molecule has 1 amide bonds. The zero-order valence-corrected chi connectivity index (χ0v) is 17.2. The molecule has 0 radical (unpaired) electrons. The van der Waals surface area contributed by atoms with Crippen molar-refractivity contribution in [3.05, 3.63) is 59.4 Å². The number of benzene rings is 2. The van der Waals surface area contributed by atoms with Crippen LogP contribution in [0.25, 0.3) is 10.2 Å². The number of anilines is 1. The molecule has 0 spiro atoms. The molecule has 0 saturated carbocycles. The highest BCUT2D eigenvalue weighted by Crippen LogP contribution is 2.30. The zero-order chi connectivity index (χ0) is 18.7. The Bertz CT molecular complexity index is 911. The lowest BCUT2D eigenvalue weighted by molar-refractivity contribution is 0.0986. The number of amides is 1. The summed E-state index contributed by atoms with van der Waals surface area (Å²) < 4.78 is 14.3. The molecule has 0 unspecified atom stereocenters. The van der Waals surface area contributed by atoms with Crippen LogP contribution in [0.15, 0.2) is 42.5 Å². The lowest BCUT2D eigenvalue weighted by atomic mass is 10.2. The minimum atomic E-state index is -0.351. The fourth-order valence-electron chi connectivity index (χ4n) is 2.71. The van der Waals surface area contributed by atoms with E-state index in [-0.39, 0.29) is 24.1 Å². The molecule has 1 heterocycles. The molecule has 0 atom stereocenters. The Balaban J connectivity index is 0.00000261. The summed E-state index contributed by atoms with van der Waals surface area (Å²) in [6.07, 6.45) is 0.828. The molecule has 7 heteroatoms. The average molecular weight is 408 g/mol. The van der Waals surface area contributed by atoms with Gasteiger partial charge >= 0.3 is 0 Å². The second-order valence-corrected chi connectivity index (χ2v) is 7.60. The van der Waals surface area contributed by atoms with Crippen LogP contribution in [-0.2, 0) is 0 Å². The number of nitrogens with zero attached hydrogens (tertiary/aromatic N) is 3. The first-order chi connectivity index (χ1) is 12.4. The Kier molecular flexibility index (Phi) is 7.30. The number of thiazole rings is 1. The lowest BCUT2D eigenvalue weighted by Crippen LogP contribution is -2.33. The van der Waals surface area contributed by atoms with Gasteiger partial charge in [-0.2, -0.15) is 0 Å². The van der Waals surface area contributed by atoms with Gasteiger partial charge in [0.2, 0.25) is 0 Å². The van der Waals surface area contributed by atoms with Crippen LogP contribution in [0.4, 0.5) is 9.52 Å². The molecule has 4 nitrogen and oxygen atoms in total. The van der Waals surface area contributed by atoms with E-state index >= 15 is 0 Å². The van der Waals surface area contributed by atoms with E-state index < -0.39 is 0 Å². The molecule has 3 rings (SSSR count). The van der Waals surface area contributed by atoms with Gasteiger partial charge in [-0.25, -0.2) is 9.37 Å². The van der Waals surface area contributed by atoms with Gasteiger partial charge in [-0.15, -0.1) is 12.4 Å². The number of hydrogen-bond acceptors (Lipinski definition) is 4. The molecule has 0 aliphatic heterocycles. The third-order valence-corrected chi connectivity index (χ3v) is 5.13. The molecule has 1 aromatic heterocycles. The standard InChI is InChI=1S/C20H22FN3OS.ClH/c1-14-5-10-17-18(13-14)26-20(22-17)24(12-4-11-23(2)3)19(25)15-6-8-16(21)9-7-15;/h5-10,13H,4,11-12H2,1-3H3;1H. The first-order valence-corrected chi connectivity index (χ1v) is 9.35. The van der Waals surface area contributed by atoms with E-state index in [9.17, 15) is 9.18 Å². The summed E-state index contributed by atoms with van der Waals surface area (Å²) >= 11 is 1.51. The average Bonchev–Trinajstić information content (AvgIpc) is 3.01. The summed E-state index contributed by atoms with van der Waals surface area (Å²) in [5, 5.41) is 0.679. The number of fused-ring (bicyclic) bond motifs is 1. The third-order valence-electron chi connectivity index (χ3n) is 4.09. The summed E-state index contributed by atoms with van der Waals surface area (Å²) in [5.74, 6) is -0.504. The van der Waals surface area contributed by atoms with Crippen molar-refractivity contribution in [3.8, 4) is 0 Å². The lowest BCUT2D eigenvalue weighted by Gasteiger charge is -2.21. The summed E-state index contributed by atoms with van der Waals surface area (Å²) in [6.45, 7) is 3.47. The minimum Gasteiger partial charge on any atom is -0.309 e. The second kappa shape index (κ2) is 9.26. The number of aryl methyl sites for hydroxylation is 1. The second-order valence-electron chi connectivity index (χ2n) is 6.59. The number of rotatable bonds is 6. The first kappa shape index (κ1) is 21.3. The molecular formula is C20H23ClFN3OS. The molecule has 27 heavy (non-hydrogen) atoms. The molecule has 0 aliphatic rings. The zero-order valence-electron chi connectivity index (χ0n) is 15.6. The van der Waals surface area contributed by atoms with Crippen LogP contribution >= 0.6 is 23.7 Å². The molecule has 0 fully saturated rings.